The second kappa shape index (κ2) is 9.01. The highest BCUT2D eigenvalue weighted by molar-refractivity contribution is 7.89. The molecule has 2 aromatic carbocycles. The van der Waals surface area contributed by atoms with Gasteiger partial charge in [-0.1, -0.05) is 37.3 Å². The molecule has 0 heterocycles. The molecule has 7 heteroatoms. The molecular weight excluding hydrogens is 364 g/mol. The van der Waals surface area contributed by atoms with E-state index in [4.69, 9.17) is 4.74 Å². The van der Waals surface area contributed by atoms with Crippen molar-refractivity contribution in [2.45, 2.75) is 37.6 Å². The van der Waals surface area contributed by atoms with Crippen LogP contribution in [0.2, 0.25) is 0 Å². The molecule has 0 fully saturated rings. The zero-order chi connectivity index (χ0) is 20.0. The number of methoxy groups -OCH3 is 1. The summed E-state index contributed by atoms with van der Waals surface area (Å²) >= 11 is 0. The third-order valence-electron chi connectivity index (χ3n) is 4.04. The van der Waals surface area contributed by atoms with Crippen molar-refractivity contribution in [3.63, 3.8) is 0 Å². The van der Waals surface area contributed by atoms with Gasteiger partial charge in [-0.2, -0.15) is 0 Å². The Hall–Kier alpha value is -2.38. The van der Waals surface area contributed by atoms with Crippen molar-refractivity contribution in [2.75, 3.05) is 13.7 Å². The Kier molecular flexibility index (Phi) is 6.98. The van der Waals surface area contributed by atoms with Crippen molar-refractivity contribution < 1.29 is 17.9 Å². The van der Waals surface area contributed by atoms with Gasteiger partial charge in [0, 0.05) is 18.2 Å². The molecule has 146 valence electrons. The molecule has 27 heavy (non-hydrogen) atoms. The first-order chi connectivity index (χ1) is 12.7. The van der Waals surface area contributed by atoms with Crippen molar-refractivity contribution in [3.05, 3.63) is 59.7 Å². The van der Waals surface area contributed by atoms with E-state index in [0.29, 0.717) is 6.54 Å². The largest absolute Gasteiger partial charge is 0.495 e. The second-order valence-corrected chi connectivity index (χ2v) is 8.35. The van der Waals surface area contributed by atoms with Crippen molar-refractivity contribution in [3.8, 4) is 5.75 Å². The number of carbonyl (C=O) groups excluding carboxylic acids is 1. The summed E-state index contributed by atoms with van der Waals surface area (Å²) in [5, 5.41) is 2.86. The van der Waals surface area contributed by atoms with Crippen molar-refractivity contribution in [1.82, 2.24) is 10.0 Å². The lowest BCUT2D eigenvalue weighted by atomic mass is 10.0. The topological polar surface area (TPSA) is 84.5 Å². The van der Waals surface area contributed by atoms with Gasteiger partial charge in [-0.25, -0.2) is 13.1 Å². The molecule has 1 unspecified atom stereocenters. The van der Waals surface area contributed by atoms with E-state index in [1.807, 2.05) is 37.3 Å². The third-order valence-corrected chi connectivity index (χ3v) is 5.72. The summed E-state index contributed by atoms with van der Waals surface area (Å²) in [5.41, 5.74) is 1.39. The number of rotatable bonds is 8. The van der Waals surface area contributed by atoms with E-state index in [-0.39, 0.29) is 34.1 Å². The molecule has 0 aliphatic rings. The van der Waals surface area contributed by atoms with Crippen LogP contribution in [-0.4, -0.2) is 34.0 Å². The Morgan fingerprint density at radius 1 is 1.07 bits per heavy atom. The summed E-state index contributed by atoms with van der Waals surface area (Å²) in [6, 6.07) is 14.0. The fourth-order valence-corrected chi connectivity index (χ4v) is 4.09. The molecule has 0 radical (unpaired) electrons. The highest BCUT2D eigenvalue weighted by atomic mass is 32.2. The molecule has 6 nitrogen and oxygen atoms in total. The van der Waals surface area contributed by atoms with Crippen LogP contribution >= 0.6 is 0 Å². The molecule has 0 bridgehead atoms. The predicted octanol–water partition coefficient (Wildman–Crippen LogP) is 2.92. The number of benzene rings is 2. The summed E-state index contributed by atoms with van der Waals surface area (Å²) in [7, 11) is -2.39. The Labute approximate surface area is 161 Å². The Morgan fingerprint density at radius 3 is 2.33 bits per heavy atom. The normalized spacial score (nSPS) is 12.6. The lowest BCUT2D eigenvalue weighted by molar-refractivity contribution is 0.0951. The summed E-state index contributed by atoms with van der Waals surface area (Å²) < 4.78 is 32.7. The molecule has 0 saturated carbocycles. The van der Waals surface area contributed by atoms with Gasteiger partial charge >= 0.3 is 0 Å². The molecule has 0 aromatic heterocycles. The standard InChI is InChI=1S/C20H26N2O4S/c1-14(2)22-27(24,25)19-12-17(10-11-18(19)26-4)20(23)21-13-15(3)16-8-6-5-7-9-16/h5-12,14-15,22H,13H2,1-4H3,(H,21,23). The minimum Gasteiger partial charge on any atom is -0.495 e. The molecular formula is C20H26N2O4S. The van der Waals surface area contributed by atoms with E-state index in [0.717, 1.165) is 5.56 Å². The zero-order valence-electron chi connectivity index (χ0n) is 16.0. The average Bonchev–Trinajstić information content (AvgIpc) is 2.65. The lowest BCUT2D eigenvalue weighted by Gasteiger charge is -2.15. The van der Waals surface area contributed by atoms with Crippen LogP contribution in [0.1, 0.15) is 42.6 Å². The van der Waals surface area contributed by atoms with Crippen LogP contribution in [0.5, 0.6) is 5.75 Å². The van der Waals surface area contributed by atoms with Crippen LogP contribution in [0.3, 0.4) is 0 Å². The summed E-state index contributed by atoms with van der Waals surface area (Å²) in [6.07, 6.45) is 0. The molecule has 2 N–H and O–H groups in total. The third kappa shape index (κ3) is 5.55. The van der Waals surface area contributed by atoms with E-state index < -0.39 is 10.0 Å². The number of ether oxygens (including phenoxy) is 1. The van der Waals surface area contributed by atoms with Crippen LogP contribution in [-0.2, 0) is 10.0 Å². The van der Waals surface area contributed by atoms with E-state index in [1.165, 1.54) is 19.2 Å². The van der Waals surface area contributed by atoms with Crippen LogP contribution in [0.4, 0.5) is 0 Å². The van der Waals surface area contributed by atoms with Crippen LogP contribution in [0.15, 0.2) is 53.4 Å². The molecule has 0 spiro atoms. The predicted molar refractivity (Wildman–Crippen MR) is 106 cm³/mol. The van der Waals surface area contributed by atoms with Gasteiger partial charge in [0.05, 0.1) is 7.11 Å². The van der Waals surface area contributed by atoms with Crippen molar-refractivity contribution in [1.29, 1.82) is 0 Å². The monoisotopic (exact) mass is 390 g/mol. The Morgan fingerprint density at radius 2 is 1.74 bits per heavy atom. The number of hydrogen-bond acceptors (Lipinski definition) is 4. The van der Waals surface area contributed by atoms with Crippen LogP contribution in [0, 0.1) is 0 Å². The number of carbonyl (C=O) groups is 1. The summed E-state index contributed by atoms with van der Waals surface area (Å²) in [5.74, 6) is -0.00186. The van der Waals surface area contributed by atoms with Gasteiger partial charge in [0.1, 0.15) is 10.6 Å². The molecule has 1 atom stereocenters. The Balaban J connectivity index is 2.18. The summed E-state index contributed by atoms with van der Waals surface area (Å²) in [4.78, 5) is 12.5. The smallest absolute Gasteiger partial charge is 0.251 e. The molecule has 0 saturated heterocycles. The van der Waals surface area contributed by atoms with Crippen LogP contribution < -0.4 is 14.8 Å². The second-order valence-electron chi connectivity index (χ2n) is 6.66. The first kappa shape index (κ1) is 20.9. The maximum absolute atomic E-state index is 12.5. The number of nitrogens with one attached hydrogen (secondary N) is 2. The maximum Gasteiger partial charge on any atom is 0.251 e. The van der Waals surface area contributed by atoms with Gasteiger partial charge in [0.2, 0.25) is 10.0 Å². The van der Waals surface area contributed by atoms with E-state index in [1.54, 1.807) is 19.9 Å². The zero-order valence-corrected chi connectivity index (χ0v) is 16.8. The minimum atomic E-state index is -3.79. The van der Waals surface area contributed by atoms with Gasteiger partial charge < -0.3 is 10.1 Å². The fraction of sp³-hybridized carbons (Fsp3) is 0.350. The SMILES string of the molecule is COc1ccc(C(=O)NCC(C)c2ccccc2)cc1S(=O)(=O)NC(C)C. The van der Waals surface area contributed by atoms with E-state index in [2.05, 4.69) is 10.0 Å². The number of hydrogen-bond donors (Lipinski definition) is 2. The van der Waals surface area contributed by atoms with E-state index in [9.17, 15) is 13.2 Å². The maximum atomic E-state index is 12.5. The van der Waals surface area contributed by atoms with Gasteiger partial charge in [-0.3, -0.25) is 4.79 Å². The van der Waals surface area contributed by atoms with Gasteiger partial charge in [-0.15, -0.1) is 0 Å². The van der Waals surface area contributed by atoms with Gasteiger partial charge in [0.25, 0.3) is 5.91 Å². The summed E-state index contributed by atoms with van der Waals surface area (Å²) in [6.45, 7) is 5.92. The first-order valence-corrected chi connectivity index (χ1v) is 10.3. The van der Waals surface area contributed by atoms with E-state index >= 15 is 0 Å². The number of sulfonamides is 1. The molecule has 1 amide bonds. The first-order valence-electron chi connectivity index (χ1n) is 8.78. The highest BCUT2D eigenvalue weighted by Gasteiger charge is 2.22. The molecule has 0 aliphatic heterocycles. The molecule has 0 aliphatic carbocycles. The number of amides is 1. The molecule has 2 aromatic rings. The van der Waals surface area contributed by atoms with Crippen LogP contribution in [0.25, 0.3) is 0 Å². The quantitative estimate of drug-likeness (QED) is 0.726. The highest BCUT2D eigenvalue weighted by Crippen LogP contribution is 2.25. The Bertz CT molecular complexity index is 880. The fourth-order valence-electron chi connectivity index (χ4n) is 2.65. The van der Waals surface area contributed by atoms with Crippen molar-refractivity contribution in [2.24, 2.45) is 0 Å². The van der Waals surface area contributed by atoms with Gasteiger partial charge in [-0.05, 0) is 43.5 Å². The van der Waals surface area contributed by atoms with Gasteiger partial charge in [0.15, 0.2) is 0 Å². The van der Waals surface area contributed by atoms with Crippen molar-refractivity contribution >= 4 is 15.9 Å². The average molecular weight is 391 g/mol. The lowest BCUT2D eigenvalue weighted by Crippen LogP contribution is -2.31. The molecule has 2 rings (SSSR count). The minimum absolute atomic E-state index is 0.0533.